The molecule has 0 fully saturated rings. The van der Waals surface area contributed by atoms with E-state index in [1.54, 1.807) is 25.4 Å². The molecule has 0 spiro atoms. The number of hydrogen-bond acceptors (Lipinski definition) is 4. The summed E-state index contributed by atoms with van der Waals surface area (Å²) in [7, 11) is 1.72. The third-order valence-corrected chi connectivity index (χ3v) is 2.73. The minimum atomic E-state index is -0.441. The summed E-state index contributed by atoms with van der Waals surface area (Å²) in [5.74, 6) is 0. The van der Waals surface area contributed by atoms with Crippen LogP contribution in [0.4, 0.5) is 5.69 Å². The first kappa shape index (κ1) is 15.8. The van der Waals surface area contributed by atoms with Crippen LogP contribution in [0, 0.1) is 10.1 Å². The first-order valence-corrected chi connectivity index (χ1v) is 6.25. The Morgan fingerprint density at radius 3 is 2.65 bits per heavy atom. The van der Waals surface area contributed by atoms with Gasteiger partial charge in [-0.05, 0) is 36.8 Å². The Balaban J connectivity index is 2.60. The molecule has 1 rings (SSSR count). The molecule has 0 saturated heterocycles. The molecular weight excluding hydrogens is 276 g/mol. The maximum atomic E-state index is 10.5. The molecule has 0 heterocycles. The third-order valence-electron chi connectivity index (χ3n) is 2.32. The van der Waals surface area contributed by atoms with E-state index in [1.165, 1.54) is 17.1 Å². The van der Waals surface area contributed by atoms with Gasteiger partial charge >= 0.3 is 0 Å². The maximum absolute atomic E-state index is 10.5. The summed E-state index contributed by atoms with van der Waals surface area (Å²) in [5.41, 5.74) is 1.78. The Morgan fingerprint density at radius 1 is 1.55 bits per heavy atom. The lowest BCUT2D eigenvalue weighted by molar-refractivity contribution is -0.384. The Hall–Kier alpha value is -2.28. The van der Waals surface area contributed by atoms with E-state index in [4.69, 9.17) is 12.2 Å². The largest absolute Gasteiger partial charge is 0.357 e. The summed E-state index contributed by atoms with van der Waals surface area (Å²) < 4.78 is 0. The van der Waals surface area contributed by atoms with Crippen molar-refractivity contribution in [3.05, 3.63) is 52.1 Å². The topological polar surface area (TPSA) is 70.8 Å². The second-order valence-electron chi connectivity index (χ2n) is 4.23. The highest BCUT2D eigenvalue weighted by Crippen LogP contribution is 2.10. The van der Waals surface area contributed by atoms with E-state index in [9.17, 15) is 10.1 Å². The minimum Gasteiger partial charge on any atom is -0.357 e. The lowest BCUT2D eigenvalue weighted by Crippen LogP contribution is -2.34. The van der Waals surface area contributed by atoms with Gasteiger partial charge in [0.25, 0.3) is 5.69 Å². The van der Waals surface area contributed by atoms with Crippen LogP contribution in [0.15, 0.2) is 41.5 Å². The molecule has 0 amide bonds. The van der Waals surface area contributed by atoms with Gasteiger partial charge in [-0.15, -0.1) is 0 Å². The summed E-state index contributed by atoms with van der Waals surface area (Å²) >= 11 is 5.14. The molecule has 0 saturated carbocycles. The molecule has 0 bridgehead atoms. The van der Waals surface area contributed by atoms with Crippen LogP contribution >= 0.6 is 12.2 Å². The number of nitrogens with one attached hydrogen (secondary N) is 1. The Labute approximate surface area is 122 Å². The number of thiocarbonyl (C=S) groups is 1. The van der Waals surface area contributed by atoms with Crippen molar-refractivity contribution in [3.63, 3.8) is 0 Å². The van der Waals surface area contributed by atoms with E-state index < -0.39 is 4.92 Å². The molecule has 0 aliphatic heterocycles. The van der Waals surface area contributed by atoms with Gasteiger partial charge in [0.05, 0.1) is 11.1 Å². The van der Waals surface area contributed by atoms with Crippen LogP contribution in [0.3, 0.4) is 0 Å². The summed E-state index contributed by atoms with van der Waals surface area (Å²) in [5, 5.41) is 19.7. The third kappa shape index (κ3) is 5.15. The van der Waals surface area contributed by atoms with Crippen LogP contribution in [0.1, 0.15) is 12.5 Å². The summed E-state index contributed by atoms with van der Waals surface area (Å²) in [6.07, 6.45) is 1.58. The van der Waals surface area contributed by atoms with Crippen LogP contribution < -0.4 is 5.32 Å². The summed E-state index contributed by atoms with van der Waals surface area (Å²) in [6, 6.07) is 6.11. The van der Waals surface area contributed by atoms with Crippen molar-refractivity contribution in [2.75, 3.05) is 13.6 Å². The first-order valence-electron chi connectivity index (χ1n) is 5.84. The summed E-state index contributed by atoms with van der Waals surface area (Å²) in [6.45, 7) is 6.26. The fraction of sp³-hybridized carbons (Fsp3) is 0.231. The predicted octanol–water partition coefficient (Wildman–Crippen LogP) is 2.31. The maximum Gasteiger partial charge on any atom is 0.269 e. The number of non-ortho nitro benzene ring substituents is 1. The number of rotatable bonds is 5. The quantitative estimate of drug-likeness (QED) is 0.296. The molecular formula is C13H16N4O2S. The Morgan fingerprint density at radius 2 is 2.15 bits per heavy atom. The number of benzene rings is 1. The van der Waals surface area contributed by atoms with Gasteiger partial charge in [0.1, 0.15) is 0 Å². The average molecular weight is 292 g/mol. The molecule has 1 aromatic rings. The van der Waals surface area contributed by atoms with Gasteiger partial charge in [-0.2, -0.15) is 5.10 Å². The molecule has 0 aliphatic carbocycles. The van der Waals surface area contributed by atoms with E-state index in [0.29, 0.717) is 11.7 Å². The second-order valence-corrected chi connectivity index (χ2v) is 4.62. The molecule has 7 heteroatoms. The van der Waals surface area contributed by atoms with E-state index in [0.717, 1.165) is 11.1 Å². The van der Waals surface area contributed by atoms with Crippen molar-refractivity contribution >= 4 is 29.2 Å². The molecule has 0 atom stereocenters. The lowest BCUT2D eigenvalue weighted by Gasteiger charge is -2.15. The molecule has 1 N–H and O–H groups in total. The van der Waals surface area contributed by atoms with E-state index in [2.05, 4.69) is 17.0 Å². The molecule has 6 nitrogen and oxygen atoms in total. The fourth-order valence-corrected chi connectivity index (χ4v) is 1.35. The zero-order valence-corrected chi connectivity index (χ0v) is 12.2. The monoisotopic (exact) mass is 292 g/mol. The van der Waals surface area contributed by atoms with Gasteiger partial charge in [-0.25, -0.2) is 5.01 Å². The zero-order chi connectivity index (χ0) is 15.1. The lowest BCUT2D eigenvalue weighted by atomic mass is 10.2. The molecule has 0 radical (unpaired) electrons. The highest BCUT2D eigenvalue weighted by atomic mass is 32.1. The number of nitro groups is 1. The van der Waals surface area contributed by atoms with Gasteiger partial charge in [0.2, 0.25) is 0 Å². The van der Waals surface area contributed by atoms with E-state index in [1.807, 2.05) is 6.92 Å². The van der Waals surface area contributed by atoms with Crippen LogP contribution in [0.2, 0.25) is 0 Å². The normalized spacial score (nSPS) is 10.3. The van der Waals surface area contributed by atoms with Crippen molar-refractivity contribution in [1.82, 2.24) is 10.3 Å². The highest BCUT2D eigenvalue weighted by Gasteiger charge is 2.03. The molecule has 0 aromatic heterocycles. The predicted molar refractivity (Wildman–Crippen MR) is 83.9 cm³/mol. The van der Waals surface area contributed by atoms with Gasteiger partial charge in [-0.3, -0.25) is 10.1 Å². The van der Waals surface area contributed by atoms with Gasteiger partial charge in [-0.1, -0.05) is 12.2 Å². The number of nitro benzene ring substituents is 1. The van der Waals surface area contributed by atoms with Crippen LogP contribution in [-0.4, -0.2) is 34.9 Å². The van der Waals surface area contributed by atoms with Crippen molar-refractivity contribution in [2.45, 2.75) is 6.92 Å². The molecule has 0 aliphatic rings. The molecule has 1 aromatic carbocycles. The van der Waals surface area contributed by atoms with Crippen molar-refractivity contribution < 1.29 is 4.92 Å². The average Bonchev–Trinajstić information content (AvgIpc) is 2.42. The first-order chi connectivity index (χ1) is 9.40. The number of hydrogen-bond donors (Lipinski definition) is 1. The molecule has 106 valence electrons. The second kappa shape index (κ2) is 7.34. The smallest absolute Gasteiger partial charge is 0.269 e. The number of hydrazone groups is 1. The van der Waals surface area contributed by atoms with Crippen molar-refractivity contribution in [3.8, 4) is 0 Å². The standard InChI is InChI=1S/C13H16N4O2S/c1-10(2)8-14-13(20)16(3)15-9-11-4-6-12(7-5-11)17(18)19/h4-7,9H,1,8H2,2-3H3,(H,14,20)/b15-9+. The SMILES string of the molecule is C=C(C)CNC(=S)N(C)/N=C/c1ccc([N+](=O)[O-])cc1. The van der Waals surface area contributed by atoms with Gasteiger partial charge in [0.15, 0.2) is 5.11 Å². The molecule has 20 heavy (non-hydrogen) atoms. The van der Waals surface area contributed by atoms with Crippen molar-refractivity contribution in [2.24, 2.45) is 5.10 Å². The molecule has 0 unspecified atom stereocenters. The Bertz CT molecular complexity index is 540. The van der Waals surface area contributed by atoms with Crippen LogP contribution in [-0.2, 0) is 0 Å². The van der Waals surface area contributed by atoms with E-state index in [-0.39, 0.29) is 5.69 Å². The summed E-state index contributed by atoms with van der Waals surface area (Å²) in [4.78, 5) is 10.1. The van der Waals surface area contributed by atoms with Crippen LogP contribution in [0.5, 0.6) is 0 Å². The van der Waals surface area contributed by atoms with Crippen LogP contribution in [0.25, 0.3) is 0 Å². The van der Waals surface area contributed by atoms with Gasteiger partial charge < -0.3 is 5.32 Å². The number of nitrogens with zero attached hydrogens (tertiary/aromatic N) is 3. The highest BCUT2D eigenvalue weighted by molar-refractivity contribution is 7.80. The van der Waals surface area contributed by atoms with Gasteiger partial charge in [0, 0.05) is 25.7 Å². The fourth-order valence-electron chi connectivity index (χ4n) is 1.23. The zero-order valence-electron chi connectivity index (χ0n) is 11.4. The Kier molecular flexibility index (Phi) is 5.79. The minimum absolute atomic E-state index is 0.0501. The van der Waals surface area contributed by atoms with E-state index >= 15 is 0 Å². The van der Waals surface area contributed by atoms with Crippen molar-refractivity contribution in [1.29, 1.82) is 0 Å².